The molecule has 2 aliphatic rings. The Morgan fingerprint density at radius 3 is 2.32 bits per heavy atom. The van der Waals surface area contributed by atoms with Gasteiger partial charge in [-0.3, -0.25) is 4.79 Å². The quantitative estimate of drug-likeness (QED) is 0.571. The van der Waals surface area contributed by atoms with Gasteiger partial charge in [0.25, 0.3) is 0 Å². The third-order valence-corrected chi connectivity index (χ3v) is 3.99. The number of carboxylic acids is 1. The van der Waals surface area contributed by atoms with E-state index in [1.165, 1.54) is 12.8 Å². The van der Waals surface area contributed by atoms with Crippen molar-refractivity contribution in [1.82, 2.24) is 16.0 Å². The van der Waals surface area contributed by atoms with E-state index >= 15 is 0 Å². The van der Waals surface area contributed by atoms with Crippen LogP contribution in [0.5, 0.6) is 0 Å². The lowest BCUT2D eigenvalue weighted by atomic mass is 10.1. The largest absolute Gasteiger partial charge is 0.480 e. The van der Waals surface area contributed by atoms with Crippen molar-refractivity contribution in [3.05, 3.63) is 0 Å². The van der Waals surface area contributed by atoms with Crippen LogP contribution in [0.25, 0.3) is 0 Å². The first kappa shape index (κ1) is 14.1. The van der Waals surface area contributed by atoms with Gasteiger partial charge in [0.15, 0.2) is 0 Å². The summed E-state index contributed by atoms with van der Waals surface area (Å²) in [5.41, 5.74) is 0. The van der Waals surface area contributed by atoms with Gasteiger partial charge in [-0.15, -0.1) is 0 Å². The Hall–Kier alpha value is -1.30. The monoisotopic (exact) mass is 269 g/mol. The molecule has 108 valence electrons. The third kappa shape index (κ3) is 4.09. The SMILES string of the molecule is O=C(NC1CCCCCC1)NC1CCN[C@@H]1C(=O)O. The lowest BCUT2D eigenvalue weighted by Crippen LogP contribution is -2.52. The van der Waals surface area contributed by atoms with E-state index in [1.54, 1.807) is 0 Å². The number of aliphatic carboxylic acids is 1. The number of rotatable bonds is 3. The maximum absolute atomic E-state index is 11.9. The summed E-state index contributed by atoms with van der Waals surface area (Å²) >= 11 is 0. The normalized spacial score (nSPS) is 28.6. The molecule has 6 nitrogen and oxygen atoms in total. The molecule has 1 aliphatic carbocycles. The highest BCUT2D eigenvalue weighted by Crippen LogP contribution is 2.17. The van der Waals surface area contributed by atoms with Crippen molar-refractivity contribution >= 4 is 12.0 Å². The highest BCUT2D eigenvalue weighted by molar-refractivity contribution is 5.79. The molecule has 0 bridgehead atoms. The molecule has 2 amide bonds. The van der Waals surface area contributed by atoms with E-state index < -0.39 is 12.0 Å². The van der Waals surface area contributed by atoms with Crippen LogP contribution in [-0.2, 0) is 4.79 Å². The fraction of sp³-hybridized carbons (Fsp3) is 0.846. The van der Waals surface area contributed by atoms with Gasteiger partial charge in [-0.05, 0) is 25.8 Å². The Morgan fingerprint density at radius 1 is 1.00 bits per heavy atom. The van der Waals surface area contributed by atoms with Crippen LogP contribution in [-0.4, -0.2) is 41.8 Å². The second-order valence-electron chi connectivity index (χ2n) is 5.47. The highest BCUT2D eigenvalue weighted by atomic mass is 16.4. The zero-order chi connectivity index (χ0) is 13.7. The third-order valence-electron chi connectivity index (χ3n) is 3.99. The molecule has 19 heavy (non-hydrogen) atoms. The molecule has 0 aromatic heterocycles. The molecule has 1 saturated heterocycles. The number of amides is 2. The fourth-order valence-electron chi connectivity index (χ4n) is 2.94. The summed E-state index contributed by atoms with van der Waals surface area (Å²) in [6.45, 7) is 0.630. The van der Waals surface area contributed by atoms with E-state index in [2.05, 4.69) is 16.0 Å². The summed E-state index contributed by atoms with van der Waals surface area (Å²) in [5.74, 6) is -0.905. The molecule has 0 radical (unpaired) electrons. The standard InChI is InChI=1S/C13H23N3O3/c17-12(18)11-10(7-8-14-11)16-13(19)15-9-5-3-1-2-4-6-9/h9-11,14H,1-8H2,(H,17,18)(H2,15,16,19)/t10?,11-/m0/s1. The summed E-state index contributed by atoms with van der Waals surface area (Å²) in [6, 6.07) is -0.977. The molecule has 1 aliphatic heterocycles. The molecular weight excluding hydrogens is 246 g/mol. The molecule has 1 saturated carbocycles. The number of urea groups is 1. The lowest BCUT2D eigenvalue weighted by molar-refractivity contribution is -0.139. The van der Waals surface area contributed by atoms with Crippen LogP contribution in [0.3, 0.4) is 0 Å². The maximum atomic E-state index is 11.9. The Bertz CT molecular complexity index is 327. The Balaban J connectivity index is 1.78. The minimum atomic E-state index is -0.905. The summed E-state index contributed by atoms with van der Waals surface area (Å²) in [7, 11) is 0. The second kappa shape index (κ2) is 6.75. The van der Waals surface area contributed by atoms with E-state index in [0.29, 0.717) is 13.0 Å². The topological polar surface area (TPSA) is 90.5 Å². The highest BCUT2D eigenvalue weighted by Gasteiger charge is 2.33. The predicted octanol–water partition coefficient (Wildman–Crippen LogP) is 0.823. The van der Waals surface area contributed by atoms with Gasteiger partial charge < -0.3 is 21.1 Å². The second-order valence-corrected chi connectivity index (χ2v) is 5.47. The molecule has 0 spiro atoms. The van der Waals surface area contributed by atoms with E-state index in [-0.39, 0.29) is 18.1 Å². The average molecular weight is 269 g/mol. The van der Waals surface area contributed by atoms with Crippen molar-refractivity contribution in [2.45, 2.75) is 63.1 Å². The lowest BCUT2D eigenvalue weighted by Gasteiger charge is -2.21. The van der Waals surface area contributed by atoms with Crippen molar-refractivity contribution in [3.8, 4) is 0 Å². The molecule has 1 heterocycles. The summed E-state index contributed by atoms with van der Waals surface area (Å²) in [4.78, 5) is 22.9. The van der Waals surface area contributed by atoms with Crippen molar-refractivity contribution in [2.75, 3.05) is 6.54 Å². The van der Waals surface area contributed by atoms with Gasteiger partial charge in [-0.1, -0.05) is 25.7 Å². The van der Waals surface area contributed by atoms with Crippen LogP contribution in [0.15, 0.2) is 0 Å². The molecule has 2 rings (SSSR count). The van der Waals surface area contributed by atoms with Crippen LogP contribution < -0.4 is 16.0 Å². The van der Waals surface area contributed by atoms with Crippen LogP contribution in [0, 0.1) is 0 Å². The summed E-state index contributed by atoms with van der Waals surface area (Å²) in [6.07, 6.45) is 7.52. The summed E-state index contributed by atoms with van der Waals surface area (Å²) < 4.78 is 0. The first-order valence-corrected chi connectivity index (χ1v) is 7.20. The van der Waals surface area contributed by atoms with E-state index in [1.807, 2.05) is 0 Å². The molecular formula is C13H23N3O3. The van der Waals surface area contributed by atoms with E-state index in [0.717, 1.165) is 25.7 Å². The van der Waals surface area contributed by atoms with E-state index in [9.17, 15) is 9.59 Å². The molecule has 0 aromatic rings. The zero-order valence-electron chi connectivity index (χ0n) is 11.2. The van der Waals surface area contributed by atoms with Crippen LogP contribution in [0.1, 0.15) is 44.9 Å². The van der Waals surface area contributed by atoms with Crippen molar-refractivity contribution in [2.24, 2.45) is 0 Å². The Morgan fingerprint density at radius 2 is 1.68 bits per heavy atom. The number of carbonyl (C=O) groups excluding carboxylic acids is 1. The Labute approximate surface area is 113 Å². The summed E-state index contributed by atoms with van der Waals surface area (Å²) in [5, 5.41) is 17.7. The van der Waals surface area contributed by atoms with Crippen LogP contribution in [0.2, 0.25) is 0 Å². The fourth-order valence-corrected chi connectivity index (χ4v) is 2.94. The minimum Gasteiger partial charge on any atom is -0.480 e. The molecule has 4 N–H and O–H groups in total. The molecule has 6 heteroatoms. The van der Waals surface area contributed by atoms with Crippen LogP contribution >= 0.6 is 0 Å². The van der Waals surface area contributed by atoms with Crippen molar-refractivity contribution < 1.29 is 14.7 Å². The van der Waals surface area contributed by atoms with Gasteiger partial charge in [0.05, 0.1) is 6.04 Å². The van der Waals surface area contributed by atoms with Crippen molar-refractivity contribution in [1.29, 1.82) is 0 Å². The van der Waals surface area contributed by atoms with Gasteiger partial charge in [0.1, 0.15) is 6.04 Å². The van der Waals surface area contributed by atoms with Crippen LogP contribution in [0.4, 0.5) is 4.79 Å². The number of nitrogens with one attached hydrogen (secondary N) is 3. The van der Waals surface area contributed by atoms with Crippen molar-refractivity contribution in [3.63, 3.8) is 0 Å². The first-order valence-electron chi connectivity index (χ1n) is 7.20. The van der Waals surface area contributed by atoms with Gasteiger partial charge in [0, 0.05) is 6.04 Å². The molecule has 2 fully saturated rings. The molecule has 0 aromatic carbocycles. The molecule has 1 unspecified atom stereocenters. The predicted molar refractivity (Wildman–Crippen MR) is 71.0 cm³/mol. The number of hydrogen-bond acceptors (Lipinski definition) is 3. The average Bonchev–Trinajstić information content (AvgIpc) is 2.66. The smallest absolute Gasteiger partial charge is 0.322 e. The number of hydrogen-bond donors (Lipinski definition) is 4. The first-order chi connectivity index (χ1) is 9.16. The van der Waals surface area contributed by atoms with Gasteiger partial charge in [-0.2, -0.15) is 0 Å². The molecule has 2 atom stereocenters. The Kier molecular flexibility index (Phi) is 5.01. The zero-order valence-corrected chi connectivity index (χ0v) is 11.2. The number of carboxylic acid groups (broad SMARTS) is 1. The number of carbonyl (C=O) groups is 2. The maximum Gasteiger partial charge on any atom is 0.322 e. The minimum absolute atomic E-state index is 0.230. The van der Waals surface area contributed by atoms with Gasteiger partial charge in [-0.25, -0.2) is 4.79 Å². The van der Waals surface area contributed by atoms with E-state index in [4.69, 9.17) is 5.11 Å². The van der Waals surface area contributed by atoms with Gasteiger partial charge in [0.2, 0.25) is 0 Å². The van der Waals surface area contributed by atoms with Gasteiger partial charge >= 0.3 is 12.0 Å².